The molecule has 76 valence electrons. The molecule has 2 aliphatic rings. The lowest BCUT2D eigenvalue weighted by Gasteiger charge is -2.27. The first-order valence-electron chi connectivity index (χ1n) is 5.26. The summed E-state index contributed by atoms with van der Waals surface area (Å²) in [6.07, 6.45) is 7.18. The predicted molar refractivity (Wildman–Crippen MR) is 59.8 cm³/mol. The monoisotopic (exact) mass is 227 g/mol. The molecule has 3 heteroatoms. The maximum Gasteiger partial charge on any atom is 0.0930 e. The van der Waals surface area contributed by atoms with Gasteiger partial charge in [0.1, 0.15) is 0 Å². The Kier molecular flexibility index (Phi) is 2.10. The molecule has 2 atom stereocenters. The quantitative estimate of drug-likeness (QED) is 0.722. The zero-order valence-electron chi connectivity index (χ0n) is 8.08. The van der Waals surface area contributed by atoms with Crippen molar-refractivity contribution in [3.63, 3.8) is 0 Å². The molecule has 0 radical (unpaired) electrons. The van der Waals surface area contributed by atoms with Crippen molar-refractivity contribution >= 4 is 22.9 Å². The van der Waals surface area contributed by atoms with Gasteiger partial charge in [0.05, 0.1) is 5.01 Å². The van der Waals surface area contributed by atoms with Gasteiger partial charge in [-0.2, -0.15) is 0 Å². The van der Waals surface area contributed by atoms with Crippen LogP contribution in [0, 0.1) is 17.3 Å². The average molecular weight is 228 g/mol. The molecule has 1 heterocycles. The van der Waals surface area contributed by atoms with Crippen LogP contribution in [-0.4, -0.2) is 10.9 Å². The zero-order chi connectivity index (χ0) is 9.60. The minimum Gasteiger partial charge on any atom is -0.250 e. The van der Waals surface area contributed by atoms with Crippen molar-refractivity contribution in [3.05, 3.63) is 16.6 Å². The molecular weight excluding hydrogens is 214 g/mol. The molecule has 2 saturated carbocycles. The minimum atomic E-state index is 0.396. The molecule has 0 aliphatic heterocycles. The molecule has 0 saturated heterocycles. The van der Waals surface area contributed by atoms with E-state index < -0.39 is 0 Å². The van der Waals surface area contributed by atoms with Crippen molar-refractivity contribution in [2.24, 2.45) is 17.3 Å². The topological polar surface area (TPSA) is 12.9 Å². The largest absolute Gasteiger partial charge is 0.250 e. The molecule has 14 heavy (non-hydrogen) atoms. The Morgan fingerprint density at radius 2 is 2.29 bits per heavy atom. The molecule has 0 N–H and O–H groups in total. The summed E-state index contributed by atoms with van der Waals surface area (Å²) in [5.74, 6) is 2.84. The van der Waals surface area contributed by atoms with Crippen LogP contribution in [0.4, 0.5) is 0 Å². The van der Waals surface area contributed by atoms with E-state index in [-0.39, 0.29) is 0 Å². The number of halogens is 1. The maximum absolute atomic E-state index is 6.14. The van der Waals surface area contributed by atoms with E-state index in [1.54, 1.807) is 11.3 Å². The number of hydrogen-bond acceptors (Lipinski definition) is 2. The molecule has 0 bridgehead atoms. The summed E-state index contributed by atoms with van der Waals surface area (Å²) in [5, 5.41) is 3.33. The summed E-state index contributed by atoms with van der Waals surface area (Å²) < 4.78 is 0. The Labute approximate surface area is 93.5 Å². The van der Waals surface area contributed by atoms with Crippen molar-refractivity contribution in [1.29, 1.82) is 0 Å². The molecule has 2 fully saturated rings. The van der Waals surface area contributed by atoms with E-state index in [0.29, 0.717) is 5.41 Å². The lowest BCUT2D eigenvalue weighted by atomic mass is 9.82. The highest BCUT2D eigenvalue weighted by Crippen LogP contribution is 2.61. The van der Waals surface area contributed by atoms with Crippen molar-refractivity contribution in [2.45, 2.75) is 25.7 Å². The lowest BCUT2D eigenvalue weighted by Crippen LogP contribution is -2.23. The van der Waals surface area contributed by atoms with Crippen LogP contribution in [0.2, 0.25) is 0 Å². The molecule has 3 rings (SSSR count). The number of nitrogens with zero attached hydrogens (tertiary/aromatic N) is 1. The van der Waals surface area contributed by atoms with E-state index in [1.165, 1.54) is 24.3 Å². The molecule has 1 aromatic rings. The van der Waals surface area contributed by atoms with E-state index in [4.69, 9.17) is 11.6 Å². The smallest absolute Gasteiger partial charge is 0.0930 e. The van der Waals surface area contributed by atoms with Gasteiger partial charge in [-0.25, -0.2) is 4.98 Å². The van der Waals surface area contributed by atoms with Crippen LogP contribution in [0.25, 0.3) is 0 Å². The summed E-state index contributed by atoms with van der Waals surface area (Å²) in [6.45, 7) is 0. The summed E-state index contributed by atoms with van der Waals surface area (Å²) >= 11 is 7.91. The van der Waals surface area contributed by atoms with Gasteiger partial charge in [0.2, 0.25) is 0 Å². The number of alkyl halides is 1. The molecule has 1 nitrogen and oxygen atoms in total. The first kappa shape index (κ1) is 9.17. The fourth-order valence-corrected chi connectivity index (χ4v) is 4.07. The number of thiazole rings is 1. The second-order valence-electron chi connectivity index (χ2n) is 4.90. The Hall–Kier alpha value is -0.0800. The molecule has 0 aromatic carbocycles. The number of rotatable bonds is 3. The van der Waals surface area contributed by atoms with Gasteiger partial charge in [0, 0.05) is 23.9 Å². The van der Waals surface area contributed by atoms with Gasteiger partial charge < -0.3 is 0 Å². The van der Waals surface area contributed by atoms with Crippen LogP contribution < -0.4 is 0 Å². The van der Waals surface area contributed by atoms with Gasteiger partial charge in [0.15, 0.2) is 0 Å². The van der Waals surface area contributed by atoms with Crippen molar-refractivity contribution in [1.82, 2.24) is 4.98 Å². The van der Waals surface area contributed by atoms with Gasteiger partial charge in [-0.05, 0) is 36.5 Å². The summed E-state index contributed by atoms with van der Waals surface area (Å²) in [6, 6.07) is 0. The average Bonchev–Trinajstić information content (AvgIpc) is 2.68. The Morgan fingerprint density at radius 3 is 2.86 bits per heavy atom. The standard InChI is InChI=1S/C11H14ClNS/c12-7-11(4-8-3-9(8)5-11)6-10-13-1-2-14-10/h1-2,8-9H,3-7H2. The predicted octanol–water partition coefficient (Wildman–Crippen LogP) is 3.34. The van der Waals surface area contributed by atoms with Gasteiger partial charge in [0.25, 0.3) is 0 Å². The minimum absolute atomic E-state index is 0.396. The fraction of sp³-hybridized carbons (Fsp3) is 0.727. The first-order chi connectivity index (χ1) is 6.81. The second-order valence-corrected chi connectivity index (χ2v) is 6.15. The number of aromatic nitrogens is 1. The third kappa shape index (κ3) is 1.49. The van der Waals surface area contributed by atoms with Crippen LogP contribution in [-0.2, 0) is 6.42 Å². The first-order valence-corrected chi connectivity index (χ1v) is 6.67. The van der Waals surface area contributed by atoms with E-state index in [0.717, 1.165) is 24.1 Å². The maximum atomic E-state index is 6.14. The van der Waals surface area contributed by atoms with Gasteiger partial charge >= 0.3 is 0 Å². The van der Waals surface area contributed by atoms with Crippen LogP contribution >= 0.6 is 22.9 Å². The third-order valence-corrected chi connectivity index (χ3v) is 5.10. The highest BCUT2D eigenvalue weighted by atomic mass is 35.5. The Morgan fingerprint density at radius 1 is 1.50 bits per heavy atom. The Bertz CT molecular complexity index is 312. The van der Waals surface area contributed by atoms with Crippen LogP contribution in [0.15, 0.2) is 11.6 Å². The molecule has 0 spiro atoms. The van der Waals surface area contributed by atoms with E-state index >= 15 is 0 Å². The Balaban J connectivity index is 1.75. The van der Waals surface area contributed by atoms with Crippen LogP contribution in [0.3, 0.4) is 0 Å². The summed E-state index contributed by atoms with van der Waals surface area (Å²) in [7, 11) is 0. The fourth-order valence-electron chi connectivity index (χ4n) is 2.97. The lowest BCUT2D eigenvalue weighted by molar-refractivity contribution is 0.303. The van der Waals surface area contributed by atoms with Gasteiger partial charge in [-0.15, -0.1) is 22.9 Å². The molecule has 0 amide bonds. The second kappa shape index (κ2) is 3.21. The molecular formula is C11H14ClNS. The van der Waals surface area contributed by atoms with Crippen molar-refractivity contribution in [2.75, 3.05) is 5.88 Å². The van der Waals surface area contributed by atoms with Crippen molar-refractivity contribution in [3.8, 4) is 0 Å². The highest BCUT2D eigenvalue weighted by Gasteiger charge is 2.53. The third-order valence-electron chi connectivity index (χ3n) is 3.75. The van der Waals surface area contributed by atoms with Crippen LogP contribution in [0.5, 0.6) is 0 Å². The number of fused-ring (bicyclic) bond motifs is 1. The molecule has 2 aliphatic carbocycles. The van der Waals surface area contributed by atoms with E-state index in [1.807, 2.05) is 6.20 Å². The van der Waals surface area contributed by atoms with E-state index in [2.05, 4.69) is 10.4 Å². The summed E-state index contributed by atoms with van der Waals surface area (Å²) in [4.78, 5) is 4.37. The molecule has 1 aromatic heterocycles. The van der Waals surface area contributed by atoms with Crippen LogP contribution in [0.1, 0.15) is 24.3 Å². The van der Waals surface area contributed by atoms with Gasteiger partial charge in [-0.1, -0.05) is 0 Å². The SMILES string of the molecule is ClCC1(Cc2nccs2)CC2CC2C1. The van der Waals surface area contributed by atoms with Crippen molar-refractivity contribution < 1.29 is 0 Å². The highest BCUT2D eigenvalue weighted by molar-refractivity contribution is 7.09. The zero-order valence-corrected chi connectivity index (χ0v) is 9.65. The molecule has 2 unspecified atom stereocenters. The van der Waals surface area contributed by atoms with E-state index in [9.17, 15) is 0 Å². The summed E-state index contributed by atoms with van der Waals surface area (Å²) in [5.41, 5.74) is 0.396. The number of hydrogen-bond donors (Lipinski definition) is 0. The van der Waals surface area contributed by atoms with Gasteiger partial charge in [-0.3, -0.25) is 0 Å². The normalized spacial score (nSPS) is 39.8.